The minimum absolute atomic E-state index is 0.155. The van der Waals surface area contributed by atoms with Crippen molar-refractivity contribution in [1.82, 2.24) is 0 Å². The van der Waals surface area contributed by atoms with E-state index in [0.29, 0.717) is 52.9 Å². The Hall–Kier alpha value is -5.37. The number of hydrogen-bond donors (Lipinski definition) is 0. The van der Waals surface area contributed by atoms with Gasteiger partial charge in [-0.2, -0.15) is 0 Å². The van der Waals surface area contributed by atoms with Gasteiger partial charge in [0.25, 0.3) is 0 Å². The fourth-order valence-corrected chi connectivity index (χ4v) is 10.2. The number of methoxy groups -OCH3 is 8. The molecule has 83 heavy (non-hydrogen) atoms. The molecule has 0 aromatic heterocycles. The standard InChI is InChI=1S/C66H77IO16/c1-68-38-76-30-46-9-47(31-77-39-69-2)14-54(13-46)58-21-59(55-15-48(32-78-40-70-3)10-49(16-55)33-79-41-71-4)24-62(23-58)64-27-65(29-66(67)28-64)63-25-60(56-17-50(34-80-42-72-5)11-51(18-56)35-81-43-73-6)22-61(26-63)57-19-52(36-82-44-74-7)12-53(20-57)37-83-45-75-8/h9-29H,30-45H2,1-8H3. The third-order valence-electron chi connectivity index (χ3n) is 12.7. The molecular formula is C66H77IO16. The van der Waals surface area contributed by atoms with E-state index in [4.69, 9.17) is 75.8 Å². The van der Waals surface area contributed by atoms with Crippen molar-refractivity contribution in [3.05, 3.63) is 175 Å². The van der Waals surface area contributed by atoms with Crippen LogP contribution in [0.2, 0.25) is 0 Å². The van der Waals surface area contributed by atoms with Gasteiger partial charge in [-0.3, -0.25) is 0 Å². The Bertz CT molecular complexity index is 2610. The van der Waals surface area contributed by atoms with Crippen LogP contribution in [0.25, 0.3) is 66.8 Å². The largest absolute Gasteiger partial charge is 0.359 e. The molecule has 0 spiro atoms. The molecule has 0 aliphatic rings. The zero-order valence-corrected chi connectivity index (χ0v) is 51.0. The lowest BCUT2D eigenvalue weighted by Gasteiger charge is -2.17. The highest BCUT2D eigenvalue weighted by Gasteiger charge is 2.17. The van der Waals surface area contributed by atoms with Gasteiger partial charge in [-0.1, -0.05) is 24.3 Å². The molecule has 16 nitrogen and oxygen atoms in total. The van der Waals surface area contributed by atoms with Gasteiger partial charge in [0.15, 0.2) is 0 Å². The average Bonchev–Trinajstić information content (AvgIpc) is 3.59. The van der Waals surface area contributed by atoms with Gasteiger partial charge in [0.1, 0.15) is 54.3 Å². The van der Waals surface area contributed by atoms with E-state index in [1.54, 1.807) is 56.9 Å². The Kier molecular flexibility index (Phi) is 28.1. The number of hydrogen-bond acceptors (Lipinski definition) is 16. The van der Waals surface area contributed by atoms with Crippen LogP contribution in [0.1, 0.15) is 44.5 Å². The minimum atomic E-state index is 0.155. The fourth-order valence-electron chi connectivity index (χ4n) is 9.50. The van der Waals surface area contributed by atoms with Gasteiger partial charge >= 0.3 is 0 Å². The summed E-state index contributed by atoms with van der Waals surface area (Å²) in [6.07, 6.45) is 0. The molecule has 0 unspecified atom stereocenters. The van der Waals surface area contributed by atoms with Crippen molar-refractivity contribution in [2.45, 2.75) is 52.9 Å². The summed E-state index contributed by atoms with van der Waals surface area (Å²) in [5.41, 5.74) is 19.6. The Balaban J connectivity index is 1.46. The second-order valence-corrected chi connectivity index (χ2v) is 20.8. The molecule has 0 aliphatic carbocycles. The lowest BCUT2D eigenvalue weighted by atomic mass is 9.89. The molecule has 0 saturated carbocycles. The van der Waals surface area contributed by atoms with E-state index < -0.39 is 0 Å². The summed E-state index contributed by atoms with van der Waals surface area (Å²) in [5, 5.41) is 0. The van der Waals surface area contributed by atoms with Crippen LogP contribution < -0.4 is 0 Å². The molecule has 0 radical (unpaired) electrons. The zero-order valence-electron chi connectivity index (χ0n) is 48.8. The molecule has 0 bridgehead atoms. The lowest BCUT2D eigenvalue weighted by Crippen LogP contribution is -2.02. The van der Waals surface area contributed by atoms with Crippen molar-refractivity contribution in [3.8, 4) is 66.8 Å². The summed E-state index contributed by atoms with van der Waals surface area (Å²) in [5.74, 6) is 0. The van der Waals surface area contributed by atoms with Gasteiger partial charge in [-0.25, -0.2) is 0 Å². The average molecular weight is 1250 g/mol. The summed E-state index contributed by atoms with van der Waals surface area (Å²) >= 11 is 2.43. The van der Waals surface area contributed by atoms with Gasteiger partial charge in [-0.15, -0.1) is 0 Å². The molecule has 0 atom stereocenters. The van der Waals surface area contributed by atoms with Crippen LogP contribution in [0.3, 0.4) is 0 Å². The number of halogens is 1. The molecule has 444 valence electrons. The Morgan fingerprint density at radius 2 is 0.325 bits per heavy atom. The molecule has 7 rings (SSSR count). The molecule has 0 amide bonds. The first-order valence-corrected chi connectivity index (χ1v) is 27.9. The predicted octanol–water partition coefficient (Wildman–Crippen LogP) is 13.3. The maximum atomic E-state index is 5.91. The van der Waals surface area contributed by atoms with E-state index in [1.165, 1.54) is 0 Å². The first-order chi connectivity index (χ1) is 40.6. The molecule has 17 heteroatoms. The molecule has 0 heterocycles. The highest BCUT2D eigenvalue weighted by atomic mass is 127. The second kappa shape index (κ2) is 35.8. The van der Waals surface area contributed by atoms with E-state index in [2.05, 4.69) is 150 Å². The van der Waals surface area contributed by atoms with Crippen molar-refractivity contribution in [2.24, 2.45) is 0 Å². The van der Waals surface area contributed by atoms with Crippen LogP contribution in [-0.2, 0) is 129 Å². The first-order valence-electron chi connectivity index (χ1n) is 26.8. The summed E-state index contributed by atoms with van der Waals surface area (Å²) in [6.45, 7) is 3.94. The molecule has 0 saturated heterocycles. The third kappa shape index (κ3) is 21.0. The van der Waals surface area contributed by atoms with Crippen LogP contribution in [0, 0.1) is 3.57 Å². The molecule has 0 aliphatic heterocycles. The fraction of sp³-hybridized carbons (Fsp3) is 0.364. The maximum absolute atomic E-state index is 5.91. The molecule has 0 fully saturated rings. The maximum Gasteiger partial charge on any atom is 0.146 e. The van der Waals surface area contributed by atoms with Gasteiger partial charge in [0, 0.05) is 60.4 Å². The molecule has 7 aromatic carbocycles. The van der Waals surface area contributed by atoms with Crippen molar-refractivity contribution in [1.29, 1.82) is 0 Å². The lowest BCUT2D eigenvalue weighted by molar-refractivity contribution is -0.0408. The highest BCUT2D eigenvalue weighted by Crippen LogP contribution is 2.40. The molecule has 7 aromatic rings. The number of benzene rings is 7. The van der Waals surface area contributed by atoms with Crippen molar-refractivity contribution < 1.29 is 75.8 Å². The van der Waals surface area contributed by atoms with Gasteiger partial charge in [0.05, 0.1) is 52.9 Å². The van der Waals surface area contributed by atoms with E-state index in [-0.39, 0.29) is 54.3 Å². The second-order valence-electron chi connectivity index (χ2n) is 19.5. The van der Waals surface area contributed by atoms with E-state index in [0.717, 1.165) is 115 Å². The highest BCUT2D eigenvalue weighted by molar-refractivity contribution is 14.1. The van der Waals surface area contributed by atoms with E-state index in [1.807, 2.05) is 0 Å². The zero-order chi connectivity index (χ0) is 58.6. The quantitative estimate of drug-likeness (QED) is 0.0205. The van der Waals surface area contributed by atoms with Gasteiger partial charge < -0.3 is 75.8 Å². The Morgan fingerprint density at radius 3 is 0.470 bits per heavy atom. The van der Waals surface area contributed by atoms with Crippen LogP contribution >= 0.6 is 22.6 Å². The summed E-state index contributed by atoms with van der Waals surface area (Å²) in [4.78, 5) is 0. The summed E-state index contributed by atoms with van der Waals surface area (Å²) < 4.78 is 90.4. The number of ether oxygens (including phenoxy) is 16. The van der Waals surface area contributed by atoms with Crippen molar-refractivity contribution in [3.63, 3.8) is 0 Å². The van der Waals surface area contributed by atoms with Gasteiger partial charge in [-0.05, 0) is 237 Å². The monoisotopic (exact) mass is 1250 g/mol. The van der Waals surface area contributed by atoms with Crippen LogP contribution in [-0.4, -0.2) is 111 Å². The van der Waals surface area contributed by atoms with Crippen molar-refractivity contribution in [2.75, 3.05) is 111 Å². The van der Waals surface area contributed by atoms with E-state index in [9.17, 15) is 0 Å². The molecular weight excluding hydrogens is 1180 g/mol. The molecule has 0 N–H and O–H groups in total. The number of rotatable bonds is 38. The Morgan fingerprint density at radius 1 is 0.193 bits per heavy atom. The third-order valence-corrected chi connectivity index (χ3v) is 13.4. The predicted molar refractivity (Wildman–Crippen MR) is 325 cm³/mol. The SMILES string of the molecule is COCOCc1cc(COCOC)cc(-c2cc(-c3cc(COCOC)cc(COCOC)c3)cc(-c3cc(I)cc(-c4cc(-c5cc(COCOC)cc(COCOC)c5)cc(-c5cc(COCOC)cc(COCOC)c5)c4)c3)c2)c1. The first kappa shape index (κ1) is 65.2. The topological polar surface area (TPSA) is 148 Å². The smallest absolute Gasteiger partial charge is 0.146 e. The summed E-state index contributed by atoms with van der Waals surface area (Å²) in [7, 11) is 12.9. The minimum Gasteiger partial charge on any atom is -0.359 e. The van der Waals surface area contributed by atoms with Gasteiger partial charge in [0.2, 0.25) is 0 Å². The van der Waals surface area contributed by atoms with E-state index >= 15 is 0 Å². The van der Waals surface area contributed by atoms with Crippen LogP contribution in [0.15, 0.2) is 127 Å². The van der Waals surface area contributed by atoms with Crippen molar-refractivity contribution >= 4 is 22.6 Å². The van der Waals surface area contributed by atoms with Crippen LogP contribution in [0.5, 0.6) is 0 Å². The Labute approximate surface area is 502 Å². The van der Waals surface area contributed by atoms with Crippen LogP contribution in [0.4, 0.5) is 0 Å². The normalized spacial score (nSPS) is 11.5. The summed E-state index contributed by atoms with van der Waals surface area (Å²) in [6, 6.07) is 45.8.